The number of nitrogens with two attached hydrogens (primary N) is 1. The van der Waals surface area contributed by atoms with E-state index in [-0.39, 0.29) is 12.4 Å². The van der Waals surface area contributed by atoms with E-state index in [0.717, 1.165) is 17.0 Å². The third kappa shape index (κ3) is 2.86. The number of fused-ring (bicyclic) bond motifs is 1. The minimum Gasteiger partial charge on any atom is -0.487 e. The summed E-state index contributed by atoms with van der Waals surface area (Å²) in [6.45, 7) is 0.0156. The van der Waals surface area contributed by atoms with Gasteiger partial charge in [0.1, 0.15) is 12.4 Å². The molecule has 0 fully saturated rings. The number of anilines is 1. The van der Waals surface area contributed by atoms with Crippen molar-refractivity contribution in [1.29, 1.82) is 0 Å². The molecule has 0 saturated heterocycles. The predicted octanol–water partition coefficient (Wildman–Crippen LogP) is 4.35. The molecule has 1 aromatic heterocycles. The highest BCUT2D eigenvalue weighted by Gasteiger charge is 2.34. The molecule has 0 aliphatic heterocycles. The van der Waals surface area contributed by atoms with Crippen LogP contribution < -0.4 is 10.5 Å². The lowest BCUT2D eigenvalue weighted by molar-refractivity contribution is -0.139. The van der Waals surface area contributed by atoms with Gasteiger partial charge < -0.3 is 15.5 Å². The van der Waals surface area contributed by atoms with E-state index in [1.54, 1.807) is 12.1 Å². The minimum absolute atomic E-state index is 0.0156. The zero-order valence-electron chi connectivity index (χ0n) is 11.4. The average Bonchev–Trinajstić information content (AvgIpc) is 2.86. The van der Waals surface area contributed by atoms with Crippen LogP contribution in [0.4, 0.5) is 18.9 Å². The standard InChI is InChI=1S/C16H13F3N2O/c17-16(18,19)13-3-1-2-4-15(13)22-9-12-7-10-5-6-11(20)8-14(10)21-12/h1-8,21H,9,20H2. The summed E-state index contributed by atoms with van der Waals surface area (Å²) in [5, 5.41) is 0.928. The molecule has 0 atom stereocenters. The van der Waals surface area contributed by atoms with Crippen LogP contribution in [0.25, 0.3) is 10.9 Å². The van der Waals surface area contributed by atoms with E-state index in [1.165, 1.54) is 18.2 Å². The molecule has 114 valence electrons. The maximum atomic E-state index is 12.9. The number of aromatic nitrogens is 1. The summed E-state index contributed by atoms with van der Waals surface area (Å²) in [5.41, 5.74) is 7.02. The Morgan fingerprint density at radius 2 is 1.82 bits per heavy atom. The van der Waals surface area contributed by atoms with Crippen LogP contribution in [0, 0.1) is 0 Å². The van der Waals surface area contributed by atoms with Crippen molar-refractivity contribution in [2.75, 3.05) is 5.73 Å². The fraction of sp³-hybridized carbons (Fsp3) is 0.125. The highest BCUT2D eigenvalue weighted by molar-refractivity contribution is 5.83. The van der Waals surface area contributed by atoms with E-state index in [4.69, 9.17) is 10.5 Å². The lowest BCUT2D eigenvalue weighted by Gasteiger charge is -2.13. The molecule has 0 aliphatic rings. The number of para-hydroxylation sites is 1. The lowest BCUT2D eigenvalue weighted by atomic mass is 10.2. The number of hydrogen-bond donors (Lipinski definition) is 2. The Balaban J connectivity index is 1.82. The molecule has 3 aromatic rings. The van der Waals surface area contributed by atoms with Gasteiger partial charge in [0.25, 0.3) is 0 Å². The van der Waals surface area contributed by atoms with Crippen molar-refractivity contribution in [2.24, 2.45) is 0 Å². The fourth-order valence-electron chi connectivity index (χ4n) is 2.26. The van der Waals surface area contributed by atoms with Gasteiger partial charge in [0.15, 0.2) is 0 Å². The maximum Gasteiger partial charge on any atom is 0.419 e. The molecule has 0 amide bonds. The summed E-state index contributed by atoms with van der Waals surface area (Å²) in [4.78, 5) is 3.08. The molecule has 2 aromatic carbocycles. The zero-order valence-corrected chi connectivity index (χ0v) is 11.4. The number of alkyl halides is 3. The summed E-state index contributed by atoms with van der Waals surface area (Å²) in [6.07, 6.45) is -4.44. The summed E-state index contributed by atoms with van der Waals surface area (Å²) < 4.78 is 44.0. The van der Waals surface area contributed by atoms with Gasteiger partial charge in [-0.3, -0.25) is 0 Å². The molecule has 6 heteroatoms. The Hall–Kier alpha value is -2.63. The van der Waals surface area contributed by atoms with Crippen LogP contribution in [-0.4, -0.2) is 4.98 Å². The predicted molar refractivity (Wildman–Crippen MR) is 78.5 cm³/mol. The van der Waals surface area contributed by atoms with Crippen LogP contribution in [-0.2, 0) is 12.8 Å². The van der Waals surface area contributed by atoms with Crippen molar-refractivity contribution in [1.82, 2.24) is 4.98 Å². The molecule has 0 aliphatic carbocycles. The van der Waals surface area contributed by atoms with E-state index in [0.29, 0.717) is 11.4 Å². The summed E-state index contributed by atoms with van der Waals surface area (Å²) in [5.74, 6) is -0.187. The van der Waals surface area contributed by atoms with Crippen molar-refractivity contribution in [2.45, 2.75) is 12.8 Å². The molecule has 1 heterocycles. The number of rotatable bonds is 3. The van der Waals surface area contributed by atoms with E-state index in [1.807, 2.05) is 12.1 Å². The number of H-pyrrole nitrogens is 1. The number of nitrogen functional groups attached to an aromatic ring is 1. The Morgan fingerprint density at radius 1 is 1.05 bits per heavy atom. The largest absolute Gasteiger partial charge is 0.487 e. The molecule has 22 heavy (non-hydrogen) atoms. The second kappa shape index (κ2) is 5.29. The van der Waals surface area contributed by atoms with Crippen LogP contribution in [0.15, 0.2) is 48.5 Å². The topological polar surface area (TPSA) is 51.0 Å². The summed E-state index contributed by atoms with van der Waals surface area (Å²) in [7, 11) is 0. The number of hydrogen-bond acceptors (Lipinski definition) is 2. The number of halogens is 3. The van der Waals surface area contributed by atoms with Crippen molar-refractivity contribution >= 4 is 16.6 Å². The molecule has 3 N–H and O–H groups in total. The van der Waals surface area contributed by atoms with Gasteiger partial charge in [-0.15, -0.1) is 0 Å². The number of ether oxygens (including phenoxy) is 1. The Kier molecular flexibility index (Phi) is 3.44. The van der Waals surface area contributed by atoms with Gasteiger partial charge in [0.05, 0.1) is 11.3 Å². The molecule has 0 spiro atoms. The molecule has 3 nitrogen and oxygen atoms in total. The van der Waals surface area contributed by atoms with Gasteiger partial charge in [0, 0.05) is 11.2 Å². The molecule has 3 rings (SSSR count). The monoisotopic (exact) mass is 306 g/mol. The first-order chi connectivity index (χ1) is 10.4. The third-order valence-corrected chi connectivity index (χ3v) is 3.28. The average molecular weight is 306 g/mol. The van der Waals surface area contributed by atoms with Crippen molar-refractivity contribution < 1.29 is 17.9 Å². The summed E-state index contributed by atoms with van der Waals surface area (Å²) in [6, 6.07) is 12.4. The lowest BCUT2D eigenvalue weighted by Crippen LogP contribution is -2.08. The van der Waals surface area contributed by atoms with Crippen LogP contribution in [0.3, 0.4) is 0 Å². The van der Waals surface area contributed by atoms with Gasteiger partial charge in [-0.25, -0.2) is 0 Å². The van der Waals surface area contributed by atoms with Crippen LogP contribution in [0.2, 0.25) is 0 Å². The maximum absolute atomic E-state index is 12.9. The van der Waals surface area contributed by atoms with Gasteiger partial charge in [-0.05, 0) is 35.7 Å². The van der Waals surface area contributed by atoms with E-state index in [2.05, 4.69) is 4.98 Å². The van der Waals surface area contributed by atoms with Crippen molar-refractivity contribution in [3.63, 3.8) is 0 Å². The van der Waals surface area contributed by atoms with Gasteiger partial charge in [-0.1, -0.05) is 18.2 Å². The van der Waals surface area contributed by atoms with Gasteiger partial charge in [0.2, 0.25) is 0 Å². The highest BCUT2D eigenvalue weighted by Crippen LogP contribution is 2.36. The number of benzene rings is 2. The van der Waals surface area contributed by atoms with Crippen molar-refractivity contribution in [3.8, 4) is 5.75 Å². The van der Waals surface area contributed by atoms with Gasteiger partial charge in [-0.2, -0.15) is 13.2 Å². The Bertz CT molecular complexity index is 809. The zero-order chi connectivity index (χ0) is 15.7. The molecular weight excluding hydrogens is 293 g/mol. The van der Waals surface area contributed by atoms with E-state index < -0.39 is 11.7 Å². The fourth-order valence-corrected chi connectivity index (χ4v) is 2.26. The van der Waals surface area contributed by atoms with Gasteiger partial charge >= 0.3 is 6.18 Å². The molecule has 0 radical (unpaired) electrons. The normalized spacial score (nSPS) is 11.8. The molecule has 0 bridgehead atoms. The molecule has 0 saturated carbocycles. The Labute approximate surface area is 124 Å². The van der Waals surface area contributed by atoms with E-state index in [9.17, 15) is 13.2 Å². The van der Waals surface area contributed by atoms with Crippen LogP contribution >= 0.6 is 0 Å². The number of aromatic amines is 1. The van der Waals surface area contributed by atoms with Crippen LogP contribution in [0.5, 0.6) is 5.75 Å². The first kappa shape index (κ1) is 14.3. The molecular formula is C16H13F3N2O. The highest BCUT2D eigenvalue weighted by atomic mass is 19.4. The first-order valence-electron chi connectivity index (χ1n) is 6.59. The quantitative estimate of drug-likeness (QED) is 0.707. The smallest absolute Gasteiger partial charge is 0.419 e. The number of nitrogens with one attached hydrogen (secondary N) is 1. The minimum atomic E-state index is -4.44. The molecule has 0 unspecified atom stereocenters. The first-order valence-corrected chi connectivity index (χ1v) is 6.59. The third-order valence-electron chi connectivity index (χ3n) is 3.28. The Morgan fingerprint density at radius 3 is 2.59 bits per heavy atom. The SMILES string of the molecule is Nc1ccc2cc(COc3ccccc3C(F)(F)F)[nH]c2c1. The van der Waals surface area contributed by atoms with Crippen molar-refractivity contribution in [3.05, 3.63) is 59.8 Å². The second-order valence-corrected chi connectivity index (χ2v) is 4.92. The van der Waals surface area contributed by atoms with E-state index >= 15 is 0 Å². The van der Waals surface area contributed by atoms with Crippen LogP contribution in [0.1, 0.15) is 11.3 Å². The second-order valence-electron chi connectivity index (χ2n) is 4.92. The summed E-state index contributed by atoms with van der Waals surface area (Å²) >= 11 is 0.